The molecule has 0 amide bonds. The Morgan fingerprint density at radius 3 is 2.55 bits per heavy atom. The van der Waals surface area contributed by atoms with Crippen LogP contribution in [-0.4, -0.2) is 6.54 Å². The van der Waals surface area contributed by atoms with Gasteiger partial charge in [0.1, 0.15) is 11.5 Å². The summed E-state index contributed by atoms with van der Waals surface area (Å²) in [7, 11) is 0. The van der Waals surface area contributed by atoms with Crippen LogP contribution in [0.2, 0.25) is 0 Å². The lowest BCUT2D eigenvalue weighted by Crippen LogP contribution is -2.13. The zero-order chi connectivity index (χ0) is 14.6. The molecule has 0 saturated carbocycles. The molecule has 0 aliphatic rings. The molecule has 20 heavy (non-hydrogen) atoms. The zero-order valence-corrected chi connectivity index (χ0v) is 11.1. The minimum atomic E-state index is -4.38. The van der Waals surface area contributed by atoms with E-state index in [1.54, 1.807) is 18.2 Å². The molecular formula is C15H16F3NO. The average Bonchev–Trinajstić information content (AvgIpc) is 2.87. The van der Waals surface area contributed by atoms with Crippen LogP contribution < -0.4 is 5.32 Å². The molecule has 0 radical (unpaired) electrons. The van der Waals surface area contributed by atoms with Crippen LogP contribution in [0.25, 0.3) is 11.3 Å². The van der Waals surface area contributed by atoms with Crippen molar-refractivity contribution >= 4 is 0 Å². The fourth-order valence-electron chi connectivity index (χ4n) is 1.95. The molecule has 1 aromatic carbocycles. The van der Waals surface area contributed by atoms with Gasteiger partial charge in [-0.25, -0.2) is 0 Å². The third-order valence-corrected chi connectivity index (χ3v) is 2.89. The van der Waals surface area contributed by atoms with Gasteiger partial charge in [0.25, 0.3) is 0 Å². The van der Waals surface area contributed by atoms with E-state index >= 15 is 0 Å². The van der Waals surface area contributed by atoms with Crippen molar-refractivity contribution in [3.8, 4) is 11.3 Å². The van der Waals surface area contributed by atoms with Crippen LogP contribution in [0.15, 0.2) is 40.8 Å². The minimum absolute atomic E-state index is 0.0711. The lowest BCUT2D eigenvalue weighted by Gasteiger charge is -2.10. The van der Waals surface area contributed by atoms with E-state index in [-0.39, 0.29) is 11.3 Å². The number of nitrogens with one attached hydrogen (secondary N) is 1. The number of hydrogen-bond donors (Lipinski definition) is 1. The zero-order valence-electron chi connectivity index (χ0n) is 11.1. The third-order valence-electron chi connectivity index (χ3n) is 2.89. The Hall–Kier alpha value is -1.75. The van der Waals surface area contributed by atoms with Crippen molar-refractivity contribution in [1.29, 1.82) is 0 Å². The van der Waals surface area contributed by atoms with Crippen molar-refractivity contribution in [1.82, 2.24) is 5.32 Å². The number of furan rings is 1. The van der Waals surface area contributed by atoms with E-state index < -0.39 is 11.7 Å². The highest BCUT2D eigenvalue weighted by atomic mass is 19.4. The second-order valence-electron chi connectivity index (χ2n) is 4.49. The van der Waals surface area contributed by atoms with Crippen LogP contribution in [0, 0.1) is 0 Å². The van der Waals surface area contributed by atoms with Crippen LogP contribution in [-0.2, 0) is 12.7 Å². The summed E-state index contributed by atoms with van der Waals surface area (Å²) in [5, 5.41) is 3.15. The van der Waals surface area contributed by atoms with E-state index in [1.807, 2.05) is 6.92 Å². The number of alkyl halides is 3. The fourth-order valence-corrected chi connectivity index (χ4v) is 1.95. The summed E-state index contributed by atoms with van der Waals surface area (Å²) < 4.78 is 44.3. The summed E-state index contributed by atoms with van der Waals surface area (Å²) in [6, 6.07) is 8.71. The molecule has 2 aromatic rings. The smallest absolute Gasteiger partial charge is 0.417 e. The van der Waals surface area contributed by atoms with Crippen molar-refractivity contribution in [2.45, 2.75) is 26.1 Å². The number of halogens is 3. The standard InChI is InChI=1S/C15H16F3NO/c1-2-9-19-10-11-7-8-14(20-11)12-5-3-4-6-13(12)15(16,17)18/h3-8,19H,2,9-10H2,1H3. The maximum absolute atomic E-state index is 12.9. The maximum Gasteiger partial charge on any atom is 0.417 e. The predicted octanol–water partition coefficient (Wildman–Crippen LogP) is 4.47. The Labute approximate surface area is 115 Å². The molecule has 1 N–H and O–H groups in total. The maximum atomic E-state index is 12.9. The van der Waals surface area contributed by atoms with Crippen LogP contribution in [0.5, 0.6) is 0 Å². The first-order valence-corrected chi connectivity index (χ1v) is 6.48. The first-order chi connectivity index (χ1) is 9.52. The summed E-state index contributed by atoms with van der Waals surface area (Å²) >= 11 is 0. The summed E-state index contributed by atoms with van der Waals surface area (Å²) in [4.78, 5) is 0. The summed E-state index contributed by atoms with van der Waals surface area (Å²) in [6.45, 7) is 3.40. The fraction of sp³-hybridized carbons (Fsp3) is 0.333. The molecule has 2 nitrogen and oxygen atoms in total. The largest absolute Gasteiger partial charge is 0.460 e. The summed E-state index contributed by atoms with van der Waals surface area (Å²) in [5.41, 5.74) is -0.607. The lowest BCUT2D eigenvalue weighted by atomic mass is 10.1. The van der Waals surface area contributed by atoms with Gasteiger partial charge in [-0.15, -0.1) is 0 Å². The van der Waals surface area contributed by atoms with E-state index in [2.05, 4.69) is 5.32 Å². The van der Waals surface area contributed by atoms with Crippen LogP contribution >= 0.6 is 0 Å². The summed E-state index contributed by atoms with van der Waals surface area (Å²) in [5.74, 6) is 0.872. The Morgan fingerprint density at radius 2 is 1.85 bits per heavy atom. The molecule has 0 spiro atoms. The van der Waals surface area contributed by atoms with Crippen LogP contribution in [0.3, 0.4) is 0 Å². The highest BCUT2D eigenvalue weighted by Crippen LogP contribution is 2.37. The molecule has 5 heteroatoms. The SMILES string of the molecule is CCCNCc1ccc(-c2ccccc2C(F)(F)F)o1. The van der Waals surface area contributed by atoms with Crippen molar-refractivity contribution < 1.29 is 17.6 Å². The van der Waals surface area contributed by atoms with E-state index in [0.29, 0.717) is 12.3 Å². The van der Waals surface area contributed by atoms with Crippen LogP contribution in [0.1, 0.15) is 24.7 Å². The van der Waals surface area contributed by atoms with Gasteiger partial charge in [0, 0.05) is 5.56 Å². The van der Waals surface area contributed by atoms with Gasteiger partial charge in [0.05, 0.1) is 12.1 Å². The van der Waals surface area contributed by atoms with Gasteiger partial charge in [-0.2, -0.15) is 13.2 Å². The van der Waals surface area contributed by atoms with Crippen molar-refractivity contribution in [3.63, 3.8) is 0 Å². The van der Waals surface area contributed by atoms with E-state index in [4.69, 9.17) is 4.42 Å². The molecule has 0 aliphatic heterocycles. The number of rotatable bonds is 5. The monoisotopic (exact) mass is 283 g/mol. The number of hydrogen-bond acceptors (Lipinski definition) is 2. The molecule has 0 fully saturated rings. The highest BCUT2D eigenvalue weighted by molar-refractivity contribution is 5.63. The van der Waals surface area contributed by atoms with Gasteiger partial charge in [0.15, 0.2) is 0 Å². The lowest BCUT2D eigenvalue weighted by molar-refractivity contribution is -0.137. The molecule has 2 rings (SSSR count). The molecular weight excluding hydrogens is 267 g/mol. The molecule has 0 aliphatic carbocycles. The Bertz CT molecular complexity index is 560. The molecule has 0 bridgehead atoms. The third kappa shape index (κ3) is 3.42. The van der Waals surface area contributed by atoms with Gasteiger partial charge >= 0.3 is 6.18 Å². The van der Waals surface area contributed by atoms with Crippen LogP contribution in [0.4, 0.5) is 13.2 Å². The Kier molecular flexibility index (Phi) is 4.49. The van der Waals surface area contributed by atoms with Crippen molar-refractivity contribution in [2.75, 3.05) is 6.54 Å². The normalized spacial score (nSPS) is 11.8. The topological polar surface area (TPSA) is 25.2 Å². The minimum Gasteiger partial charge on any atom is -0.460 e. The van der Waals surface area contributed by atoms with Crippen molar-refractivity contribution in [2.24, 2.45) is 0 Å². The Balaban J connectivity index is 2.24. The summed E-state index contributed by atoms with van der Waals surface area (Å²) in [6.07, 6.45) is -3.39. The van der Waals surface area contributed by atoms with E-state index in [0.717, 1.165) is 19.0 Å². The van der Waals surface area contributed by atoms with E-state index in [9.17, 15) is 13.2 Å². The first kappa shape index (κ1) is 14.7. The van der Waals surface area contributed by atoms with Gasteiger partial charge in [-0.1, -0.05) is 25.1 Å². The molecule has 0 atom stereocenters. The van der Waals surface area contributed by atoms with Gasteiger partial charge in [-0.3, -0.25) is 0 Å². The molecule has 0 saturated heterocycles. The van der Waals surface area contributed by atoms with E-state index in [1.165, 1.54) is 12.1 Å². The molecule has 1 aromatic heterocycles. The molecule has 108 valence electrons. The predicted molar refractivity (Wildman–Crippen MR) is 71.1 cm³/mol. The second kappa shape index (κ2) is 6.13. The van der Waals surface area contributed by atoms with Gasteiger partial charge in [-0.05, 0) is 31.2 Å². The molecule has 1 heterocycles. The molecule has 0 unspecified atom stereocenters. The average molecular weight is 283 g/mol. The number of benzene rings is 1. The van der Waals surface area contributed by atoms with Gasteiger partial charge < -0.3 is 9.73 Å². The first-order valence-electron chi connectivity index (χ1n) is 6.48. The quantitative estimate of drug-likeness (QED) is 0.819. The Morgan fingerprint density at radius 1 is 1.10 bits per heavy atom. The second-order valence-corrected chi connectivity index (χ2v) is 4.49. The highest BCUT2D eigenvalue weighted by Gasteiger charge is 2.34. The van der Waals surface area contributed by atoms with Gasteiger partial charge in [0.2, 0.25) is 0 Å². The van der Waals surface area contributed by atoms with Crippen molar-refractivity contribution in [3.05, 3.63) is 47.7 Å².